The minimum absolute atomic E-state index is 0. The van der Waals surface area contributed by atoms with E-state index in [0.29, 0.717) is 0 Å². The van der Waals surface area contributed by atoms with Gasteiger partial charge in [0, 0.05) is 35.9 Å². The number of rotatable bonds is 5. The van der Waals surface area contributed by atoms with Gasteiger partial charge in [-0.15, -0.1) is 35.3 Å². The summed E-state index contributed by atoms with van der Waals surface area (Å²) in [7, 11) is 3.90. The van der Waals surface area contributed by atoms with Crippen molar-refractivity contribution in [3.8, 4) is 0 Å². The van der Waals surface area contributed by atoms with Gasteiger partial charge < -0.3 is 10.2 Å². The highest BCUT2D eigenvalue weighted by Gasteiger charge is 2.44. The monoisotopic (exact) mass is 534 g/mol. The molecule has 0 spiro atoms. The molecular formula is C18H24BrIN4S. The second-order valence-electron chi connectivity index (χ2n) is 6.41. The van der Waals surface area contributed by atoms with Gasteiger partial charge in [-0.05, 0) is 37.5 Å². The molecule has 0 saturated heterocycles. The Kier molecular flexibility index (Phi) is 7.28. The molecule has 1 aliphatic rings. The van der Waals surface area contributed by atoms with E-state index in [0.717, 1.165) is 34.2 Å². The highest BCUT2D eigenvalue weighted by Crippen LogP contribution is 2.48. The summed E-state index contributed by atoms with van der Waals surface area (Å²) in [5, 5.41) is 6.77. The summed E-state index contributed by atoms with van der Waals surface area (Å²) in [6.07, 6.45) is 2.45. The van der Waals surface area contributed by atoms with Gasteiger partial charge in [0.1, 0.15) is 0 Å². The fourth-order valence-electron chi connectivity index (χ4n) is 2.97. The van der Waals surface area contributed by atoms with Gasteiger partial charge in [0.25, 0.3) is 0 Å². The highest BCUT2D eigenvalue weighted by atomic mass is 127. The molecule has 1 saturated carbocycles. The first-order valence-corrected chi connectivity index (χ1v) is 9.78. The minimum Gasteiger partial charge on any atom is -0.355 e. The average Bonchev–Trinajstić information content (AvgIpc) is 3.24. The van der Waals surface area contributed by atoms with E-state index in [1.165, 1.54) is 18.4 Å². The van der Waals surface area contributed by atoms with Crippen LogP contribution in [0.15, 0.2) is 39.1 Å². The number of halogens is 2. The van der Waals surface area contributed by atoms with E-state index < -0.39 is 0 Å². The van der Waals surface area contributed by atoms with Crippen LogP contribution in [0.25, 0.3) is 0 Å². The molecule has 0 aliphatic heterocycles. The fraction of sp³-hybridized carbons (Fsp3) is 0.444. The third-order valence-corrected chi connectivity index (χ3v) is 5.83. The van der Waals surface area contributed by atoms with Crippen molar-refractivity contribution in [2.45, 2.75) is 31.7 Å². The predicted molar refractivity (Wildman–Crippen MR) is 120 cm³/mol. The molecule has 1 N–H and O–H groups in total. The zero-order valence-corrected chi connectivity index (χ0v) is 19.5. The fourth-order valence-corrected chi connectivity index (χ4v) is 3.97. The number of hydrogen-bond donors (Lipinski definition) is 1. The largest absolute Gasteiger partial charge is 0.355 e. The van der Waals surface area contributed by atoms with E-state index in [4.69, 9.17) is 0 Å². The maximum atomic E-state index is 4.53. The van der Waals surface area contributed by atoms with Gasteiger partial charge in [0.15, 0.2) is 5.96 Å². The Morgan fingerprint density at radius 2 is 2.20 bits per heavy atom. The number of aromatic nitrogens is 1. The molecule has 136 valence electrons. The SMILES string of the molecule is CN=C(NCC1(c2cccc(Br)c2)CC1)N(C)Cc1csc(C)n1.I. The number of nitrogens with one attached hydrogen (secondary N) is 1. The normalized spacial score (nSPS) is 15.4. The van der Waals surface area contributed by atoms with Gasteiger partial charge in [-0.25, -0.2) is 4.98 Å². The number of thiazole rings is 1. The number of aryl methyl sites for hydroxylation is 1. The molecule has 3 rings (SSSR count). The summed E-state index contributed by atoms with van der Waals surface area (Å²) in [6.45, 7) is 3.72. The molecule has 1 heterocycles. The van der Waals surface area contributed by atoms with Gasteiger partial charge in [-0.3, -0.25) is 4.99 Å². The Balaban J connectivity index is 0.00000225. The van der Waals surface area contributed by atoms with Gasteiger partial charge in [0.05, 0.1) is 17.2 Å². The van der Waals surface area contributed by atoms with Crippen LogP contribution in [-0.2, 0) is 12.0 Å². The van der Waals surface area contributed by atoms with E-state index in [2.05, 4.69) is 72.8 Å². The number of nitrogens with zero attached hydrogens (tertiary/aromatic N) is 3. The predicted octanol–water partition coefficient (Wildman–Crippen LogP) is 4.57. The van der Waals surface area contributed by atoms with Crippen LogP contribution in [0, 0.1) is 6.92 Å². The van der Waals surface area contributed by atoms with Gasteiger partial charge in [-0.1, -0.05) is 28.1 Å². The van der Waals surface area contributed by atoms with E-state index in [1.807, 2.05) is 14.0 Å². The second kappa shape index (κ2) is 8.81. The lowest BCUT2D eigenvalue weighted by molar-refractivity contribution is 0.464. The van der Waals surface area contributed by atoms with Crippen molar-refractivity contribution in [3.05, 3.63) is 50.4 Å². The summed E-state index contributed by atoms with van der Waals surface area (Å²) in [6, 6.07) is 8.66. The Hall–Kier alpha value is -0.670. The van der Waals surface area contributed by atoms with E-state index in [1.54, 1.807) is 11.3 Å². The van der Waals surface area contributed by atoms with Crippen LogP contribution in [0.4, 0.5) is 0 Å². The highest BCUT2D eigenvalue weighted by molar-refractivity contribution is 14.0. The summed E-state index contributed by atoms with van der Waals surface area (Å²) in [5.74, 6) is 0.918. The number of guanidine groups is 1. The molecule has 0 bridgehead atoms. The van der Waals surface area contributed by atoms with Crippen molar-refractivity contribution in [1.82, 2.24) is 15.2 Å². The van der Waals surface area contributed by atoms with Crippen LogP contribution >= 0.6 is 51.2 Å². The molecule has 1 aromatic carbocycles. The van der Waals surface area contributed by atoms with Crippen molar-refractivity contribution in [1.29, 1.82) is 0 Å². The standard InChI is InChI=1S/C18H23BrN4S.HI/c1-13-22-16(11-24-13)10-23(3)17(20-2)21-12-18(7-8-18)14-5-4-6-15(19)9-14;/h4-6,9,11H,7-8,10,12H2,1-3H3,(H,20,21);1H. The Labute approximate surface area is 179 Å². The molecule has 0 radical (unpaired) electrons. The maximum Gasteiger partial charge on any atom is 0.193 e. The molecule has 4 nitrogen and oxygen atoms in total. The summed E-state index contributed by atoms with van der Waals surface area (Å²) >= 11 is 5.27. The molecule has 25 heavy (non-hydrogen) atoms. The molecular weight excluding hydrogens is 511 g/mol. The summed E-state index contributed by atoms with van der Waals surface area (Å²) in [4.78, 5) is 11.1. The topological polar surface area (TPSA) is 40.5 Å². The molecule has 1 aromatic heterocycles. The zero-order valence-electron chi connectivity index (χ0n) is 14.8. The van der Waals surface area contributed by atoms with Crippen LogP contribution in [-0.4, -0.2) is 36.5 Å². The Morgan fingerprint density at radius 3 is 2.76 bits per heavy atom. The molecule has 7 heteroatoms. The van der Waals surface area contributed by atoms with E-state index >= 15 is 0 Å². The lowest BCUT2D eigenvalue weighted by atomic mass is 9.96. The minimum atomic E-state index is 0. The Morgan fingerprint density at radius 1 is 1.44 bits per heavy atom. The summed E-state index contributed by atoms with van der Waals surface area (Å²) < 4.78 is 1.15. The second-order valence-corrected chi connectivity index (χ2v) is 8.38. The molecule has 1 aliphatic carbocycles. The third kappa shape index (κ3) is 5.17. The quantitative estimate of drug-likeness (QED) is 0.347. The van der Waals surface area contributed by atoms with Crippen molar-refractivity contribution in [3.63, 3.8) is 0 Å². The first-order chi connectivity index (χ1) is 11.5. The van der Waals surface area contributed by atoms with Crippen LogP contribution in [0.1, 0.15) is 29.1 Å². The zero-order chi connectivity index (χ0) is 17.2. The van der Waals surface area contributed by atoms with Gasteiger partial charge >= 0.3 is 0 Å². The van der Waals surface area contributed by atoms with Crippen molar-refractivity contribution in [2.24, 2.45) is 4.99 Å². The third-order valence-electron chi connectivity index (χ3n) is 4.51. The van der Waals surface area contributed by atoms with E-state index in [-0.39, 0.29) is 29.4 Å². The van der Waals surface area contributed by atoms with Crippen LogP contribution in [0.3, 0.4) is 0 Å². The number of hydrogen-bond acceptors (Lipinski definition) is 3. The van der Waals surface area contributed by atoms with Crippen LogP contribution < -0.4 is 5.32 Å². The average molecular weight is 535 g/mol. The summed E-state index contributed by atoms with van der Waals surface area (Å²) in [5.41, 5.74) is 2.74. The van der Waals surface area contributed by atoms with E-state index in [9.17, 15) is 0 Å². The number of benzene rings is 1. The van der Waals surface area contributed by atoms with Gasteiger partial charge in [0.2, 0.25) is 0 Å². The molecule has 2 aromatic rings. The molecule has 0 atom stereocenters. The lowest BCUT2D eigenvalue weighted by Crippen LogP contribution is -2.42. The van der Waals surface area contributed by atoms with Crippen molar-refractivity contribution >= 4 is 57.2 Å². The lowest BCUT2D eigenvalue weighted by Gasteiger charge is -2.24. The number of aliphatic imine (C=N–C) groups is 1. The first-order valence-electron chi connectivity index (χ1n) is 8.11. The Bertz CT molecular complexity index is 742. The smallest absolute Gasteiger partial charge is 0.193 e. The van der Waals surface area contributed by atoms with Crippen LogP contribution in [0.2, 0.25) is 0 Å². The first kappa shape index (κ1) is 20.6. The van der Waals surface area contributed by atoms with Crippen molar-refractivity contribution < 1.29 is 0 Å². The van der Waals surface area contributed by atoms with Crippen molar-refractivity contribution in [2.75, 3.05) is 20.6 Å². The molecule has 1 fully saturated rings. The van der Waals surface area contributed by atoms with Gasteiger partial charge in [-0.2, -0.15) is 0 Å². The molecule has 0 amide bonds. The van der Waals surface area contributed by atoms with Crippen LogP contribution in [0.5, 0.6) is 0 Å². The maximum absolute atomic E-state index is 4.53. The molecule has 0 unspecified atom stereocenters.